The Kier molecular flexibility index (Phi) is 3.87. The Hall–Kier alpha value is -3.09. The van der Waals surface area contributed by atoms with Gasteiger partial charge in [-0.1, -0.05) is 19.9 Å². The highest BCUT2D eigenvalue weighted by Crippen LogP contribution is 2.37. The first-order valence-corrected chi connectivity index (χ1v) is 8.00. The van der Waals surface area contributed by atoms with E-state index in [0.717, 1.165) is 11.1 Å². The number of benzene rings is 1. The lowest BCUT2D eigenvalue weighted by atomic mass is 9.93. The van der Waals surface area contributed by atoms with Gasteiger partial charge in [-0.25, -0.2) is 9.50 Å². The molecule has 1 amide bonds. The van der Waals surface area contributed by atoms with E-state index >= 15 is 0 Å². The van der Waals surface area contributed by atoms with Crippen LogP contribution in [0.2, 0.25) is 0 Å². The normalized spacial score (nSPS) is 11.4. The number of anilines is 1. The lowest BCUT2D eigenvalue weighted by Gasteiger charge is -2.15. The fourth-order valence-electron chi connectivity index (χ4n) is 2.98. The molecule has 130 valence electrons. The van der Waals surface area contributed by atoms with Gasteiger partial charge in [-0.05, 0) is 36.6 Å². The minimum Gasteiger partial charge on any atom is -0.508 e. The van der Waals surface area contributed by atoms with Gasteiger partial charge in [0.1, 0.15) is 11.3 Å². The van der Waals surface area contributed by atoms with Crippen LogP contribution in [0, 0.1) is 13.8 Å². The number of fused-ring (bicyclic) bond motifs is 1. The van der Waals surface area contributed by atoms with E-state index in [9.17, 15) is 9.90 Å². The average Bonchev–Trinajstić information content (AvgIpc) is 2.95. The molecule has 5 N–H and O–H groups in total. The standard InChI is InChI=1S/C18H21N5O2/c1-8(2)17-21-18-14(16(20)25)15(19)11(7-23(18)22-17)13-9(3)5-6-12(24)10(13)4/h5-8,24H,19H2,1-4H3,(H2,20,25). The first-order valence-electron chi connectivity index (χ1n) is 8.00. The van der Waals surface area contributed by atoms with Crippen molar-refractivity contribution >= 4 is 17.2 Å². The van der Waals surface area contributed by atoms with Crippen molar-refractivity contribution in [1.82, 2.24) is 14.6 Å². The van der Waals surface area contributed by atoms with E-state index in [-0.39, 0.29) is 22.9 Å². The van der Waals surface area contributed by atoms with E-state index in [0.29, 0.717) is 22.6 Å². The average molecular weight is 339 g/mol. The predicted octanol–water partition coefficient (Wildman–Crippen LogP) is 2.52. The van der Waals surface area contributed by atoms with Gasteiger partial charge in [-0.3, -0.25) is 4.79 Å². The number of aromatic nitrogens is 3. The number of aryl methyl sites for hydroxylation is 1. The first-order chi connectivity index (χ1) is 11.7. The lowest BCUT2D eigenvalue weighted by Crippen LogP contribution is -2.16. The van der Waals surface area contributed by atoms with Crippen molar-refractivity contribution in [3.8, 4) is 16.9 Å². The number of nitrogen functional groups attached to an aromatic ring is 1. The monoisotopic (exact) mass is 339 g/mol. The van der Waals surface area contributed by atoms with Gasteiger partial charge in [0.05, 0.1) is 5.69 Å². The number of phenols is 1. The molecule has 0 saturated heterocycles. The highest BCUT2D eigenvalue weighted by Gasteiger charge is 2.22. The summed E-state index contributed by atoms with van der Waals surface area (Å²) in [5.41, 5.74) is 15.5. The number of nitrogens with zero attached hydrogens (tertiary/aromatic N) is 3. The number of carbonyl (C=O) groups excluding carboxylic acids is 1. The molecule has 0 aliphatic heterocycles. The second-order valence-electron chi connectivity index (χ2n) is 6.49. The van der Waals surface area contributed by atoms with Crippen molar-refractivity contribution in [2.75, 3.05) is 5.73 Å². The Balaban J connectivity index is 2.43. The number of rotatable bonds is 3. The fraction of sp³-hybridized carbons (Fsp3) is 0.278. The van der Waals surface area contributed by atoms with E-state index in [1.807, 2.05) is 20.8 Å². The van der Waals surface area contributed by atoms with Crippen LogP contribution < -0.4 is 11.5 Å². The molecule has 2 aromatic heterocycles. The molecule has 25 heavy (non-hydrogen) atoms. The highest BCUT2D eigenvalue weighted by molar-refractivity contribution is 6.07. The molecule has 0 bridgehead atoms. The molecule has 0 radical (unpaired) electrons. The maximum atomic E-state index is 12.0. The number of amides is 1. The second-order valence-corrected chi connectivity index (χ2v) is 6.49. The zero-order valence-corrected chi connectivity index (χ0v) is 14.7. The van der Waals surface area contributed by atoms with Crippen molar-refractivity contribution in [2.24, 2.45) is 5.73 Å². The summed E-state index contributed by atoms with van der Waals surface area (Å²) in [4.78, 5) is 16.5. The van der Waals surface area contributed by atoms with Crippen molar-refractivity contribution in [2.45, 2.75) is 33.6 Å². The summed E-state index contributed by atoms with van der Waals surface area (Å²) in [7, 11) is 0. The Morgan fingerprint density at radius 1 is 1.28 bits per heavy atom. The van der Waals surface area contributed by atoms with Gasteiger partial charge < -0.3 is 16.6 Å². The number of aromatic hydroxyl groups is 1. The van der Waals surface area contributed by atoms with Crippen LogP contribution in [0.25, 0.3) is 16.8 Å². The molecule has 0 saturated carbocycles. The van der Waals surface area contributed by atoms with E-state index in [4.69, 9.17) is 11.5 Å². The minimum atomic E-state index is -0.664. The Labute approximate surface area is 145 Å². The van der Waals surface area contributed by atoms with Crippen LogP contribution in [0.15, 0.2) is 18.3 Å². The van der Waals surface area contributed by atoms with E-state index in [1.54, 1.807) is 25.3 Å². The summed E-state index contributed by atoms with van der Waals surface area (Å²) in [5.74, 6) is 0.183. The number of hydrogen-bond donors (Lipinski definition) is 3. The van der Waals surface area contributed by atoms with Crippen molar-refractivity contribution in [3.05, 3.63) is 40.8 Å². The number of pyridine rings is 1. The van der Waals surface area contributed by atoms with Crippen LogP contribution in [-0.4, -0.2) is 25.6 Å². The van der Waals surface area contributed by atoms with Gasteiger partial charge in [0.2, 0.25) is 0 Å². The van der Waals surface area contributed by atoms with Crippen LogP contribution in [0.1, 0.15) is 47.1 Å². The number of hydrogen-bond acceptors (Lipinski definition) is 5. The maximum absolute atomic E-state index is 12.0. The molecule has 3 aromatic rings. The third-order valence-electron chi connectivity index (χ3n) is 4.36. The SMILES string of the molecule is Cc1ccc(O)c(C)c1-c1cn2nc(C(C)C)nc2c(C(N)=O)c1N. The zero-order valence-electron chi connectivity index (χ0n) is 14.7. The van der Waals surface area contributed by atoms with Gasteiger partial charge >= 0.3 is 0 Å². The predicted molar refractivity (Wildman–Crippen MR) is 96.6 cm³/mol. The maximum Gasteiger partial charge on any atom is 0.254 e. The third kappa shape index (κ3) is 2.57. The van der Waals surface area contributed by atoms with Gasteiger partial charge in [0.25, 0.3) is 5.91 Å². The van der Waals surface area contributed by atoms with Crippen LogP contribution in [0.4, 0.5) is 5.69 Å². The summed E-state index contributed by atoms with van der Waals surface area (Å²) in [6.07, 6.45) is 1.73. The lowest BCUT2D eigenvalue weighted by molar-refractivity contribution is 0.100. The third-order valence-corrected chi connectivity index (χ3v) is 4.36. The Bertz CT molecular complexity index is 1000. The van der Waals surface area contributed by atoms with Crippen LogP contribution in [0.3, 0.4) is 0 Å². The number of nitrogens with two attached hydrogens (primary N) is 2. The molecule has 7 heteroatoms. The van der Waals surface area contributed by atoms with E-state index < -0.39 is 5.91 Å². The van der Waals surface area contributed by atoms with Crippen molar-refractivity contribution in [3.63, 3.8) is 0 Å². The Morgan fingerprint density at radius 3 is 2.56 bits per heavy atom. The molecule has 0 fully saturated rings. The number of phenolic OH excluding ortho intramolecular Hbond substituents is 1. The van der Waals surface area contributed by atoms with E-state index in [2.05, 4.69) is 10.1 Å². The van der Waals surface area contributed by atoms with Gasteiger partial charge in [-0.15, -0.1) is 0 Å². The summed E-state index contributed by atoms with van der Waals surface area (Å²) < 4.78 is 1.53. The topological polar surface area (TPSA) is 120 Å². The summed E-state index contributed by atoms with van der Waals surface area (Å²) in [6, 6.07) is 3.43. The molecule has 3 rings (SSSR count). The summed E-state index contributed by atoms with van der Waals surface area (Å²) >= 11 is 0. The molecule has 0 unspecified atom stereocenters. The van der Waals surface area contributed by atoms with Crippen molar-refractivity contribution in [1.29, 1.82) is 0 Å². The van der Waals surface area contributed by atoms with Gasteiger partial charge in [-0.2, -0.15) is 5.10 Å². The second kappa shape index (κ2) is 5.77. The quantitative estimate of drug-likeness (QED) is 0.677. The van der Waals surface area contributed by atoms with E-state index in [1.165, 1.54) is 4.52 Å². The molecule has 1 aromatic carbocycles. The first kappa shape index (κ1) is 16.8. The highest BCUT2D eigenvalue weighted by atomic mass is 16.3. The molecular formula is C18H21N5O2. The van der Waals surface area contributed by atoms with Crippen molar-refractivity contribution < 1.29 is 9.90 Å². The van der Waals surface area contributed by atoms with Gasteiger partial charge in [0, 0.05) is 17.7 Å². The summed E-state index contributed by atoms with van der Waals surface area (Å²) in [5, 5.41) is 14.5. The molecular weight excluding hydrogens is 318 g/mol. The minimum absolute atomic E-state index is 0.0922. The fourth-order valence-corrected chi connectivity index (χ4v) is 2.98. The van der Waals surface area contributed by atoms with Crippen LogP contribution >= 0.6 is 0 Å². The van der Waals surface area contributed by atoms with Crippen LogP contribution in [-0.2, 0) is 0 Å². The zero-order chi connectivity index (χ0) is 18.5. The molecule has 0 atom stereocenters. The molecule has 7 nitrogen and oxygen atoms in total. The molecule has 0 aliphatic carbocycles. The molecule has 2 heterocycles. The summed E-state index contributed by atoms with van der Waals surface area (Å²) in [6.45, 7) is 7.64. The van der Waals surface area contributed by atoms with Crippen LogP contribution in [0.5, 0.6) is 5.75 Å². The number of carbonyl (C=O) groups is 1. The molecule has 0 aliphatic rings. The largest absolute Gasteiger partial charge is 0.508 e. The molecule has 0 spiro atoms. The Morgan fingerprint density at radius 2 is 1.96 bits per heavy atom. The van der Waals surface area contributed by atoms with Gasteiger partial charge in [0.15, 0.2) is 11.5 Å². The smallest absolute Gasteiger partial charge is 0.254 e. The number of primary amides is 1.